The number of hydrogen-bond acceptors (Lipinski definition) is 1. The normalized spacial score (nSPS) is 14.8. The number of nitrogens with two attached hydrogens (primary N) is 1. The highest BCUT2D eigenvalue weighted by molar-refractivity contribution is 5.85. The molecule has 0 spiro atoms. The number of rotatable bonds is 3. The largest absolute Gasteiger partial charge is 0.419 e. The van der Waals surface area contributed by atoms with Crippen molar-refractivity contribution in [2.75, 3.05) is 0 Å². The molecule has 1 aromatic carbocycles. The van der Waals surface area contributed by atoms with Gasteiger partial charge in [-0.15, -0.1) is 12.4 Å². The molecule has 0 aromatic heterocycles. The van der Waals surface area contributed by atoms with Crippen molar-refractivity contribution < 1.29 is 17.6 Å². The van der Waals surface area contributed by atoms with E-state index in [1.807, 2.05) is 6.92 Å². The Morgan fingerprint density at radius 1 is 1.28 bits per heavy atom. The van der Waals surface area contributed by atoms with Crippen molar-refractivity contribution >= 4 is 12.4 Å². The van der Waals surface area contributed by atoms with Gasteiger partial charge in [-0.2, -0.15) is 13.2 Å². The van der Waals surface area contributed by atoms with Gasteiger partial charge in [0.1, 0.15) is 5.82 Å². The molecule has 6 heteroatoms. The molecule has 0 radical (unpaired) electrons. The lowest BCUT2D eigenvalue weighted by Crippen LogP contribution is -2.21. The quantitative estimate of drug-likeness (QED) is 0.823. The number of benzene rings is 1. The van der Waals surface area contributed by atoms with Gasteiger partial charge in [0.25, 0.3) is 0 Å². The van der Waals surface area contributed by atoms with Crippen molar-refractivity contribution in [3.8, 4) is 0 Å². The monoisotopic (exact) mass is 285 g/mol. The topological polar surface area (TPSA) is 26.0 Å². The Morgan fingerprint density at radius 2 is 1.83 bits per heavy atom. The van der Waals surface area contributed by atoms with E-state index in [2.05, 4.69) is 0 Å². The minimum Gasteiger partial charge on any atom is -0.324 e. The van der Waals surface area contributed by atoms with Gasteiger partial charge in [0.2, 0.25) is 0 Å². The maximum Gasteiger partial charge on any atom is 0.419 e. The minimum atomic E-state index is -4.69. The Labute approximate surface area is 110 Å². The summed E-state index contributed by atoms with van der Waals surface area (Å²) in [5, 5.41) is 0. The van der Waals surface area contributed by atoms with Gasteiger partial charge in [-0.3, -0.25) is 0 Å². The first-order valence-corrected chi connectivity index (χ1v) is 5.40. The summed E-state index contributed by atoms with van der Waals surface area (Å²) in [4.78, 5) is 0. The maximum atomic E-state index is 13.7. The van der Waals surface area contributed by atoms with E-state index in [9.17, 15) is 17.6 Å². The van der Waals surface area contributed by atoms with E-state index in [4.69, 9.17) is 5.73 Å². The molecule has 0 aliphatic carbocycles. The van der Waals surface area contributed by atoms with E-state index in [-0.39, 0.29) is 23.9 Å². The van der Waals surface area contributed by atoms with Gasteiger partial charge >= 0.3 is 6.18 Å². The van der Waals surface area contributed by atoms with Gasteiger partial charge < -0.3 is 5.73 Å². The van der Waals surface area contributed by atoms with Crippen LogP contribution in [0.5, 0.6) is 0 Å². The summed E-state index contributed by atoms with van der Waals surface area (Å²) in [6.45, 7) is 3.64. The molecule has 1 rings (SSSR count). The summed E-state index contributed by atoms with van der Waals surface area (Å²) < 4.78 is 51.2. The second-order valence-corrected chi connectivity index (χ2v) is 4.12. The molecule has 0 amide bonds. The molecule has 0 aliphatic rings. The Balaban J connectivity index is 0.00000289. The van der Waals surface area contributed by atoms with Crippen molar-refractivity contribution in [2.24, 2.45) is 11.7 Å². The highest BCUT2D eigenvalue weighted by Crippen LogP contribution is 2.34. The van der Waals surface area contributed by atoms with Crippen LogP contribution in [-0.2, 0) is 6.18 Å². The summed E-state index contributed by atoms with van der Waals surface area (Å²) in [7, 11) is 0. The molecule has 1 unspecified atom stereocenters. The Bertz CT molecular complexity index is 392. The average molecular weight is 286 g/mol. The molecular weight excluding hydrogens is 270 g/mol. The number of hydrogen-bond donors (Lipinski definition) is 1. The molecule has 0 fully saturated rings. The molecule has 1 aromatic rings. The first kappa shape index (κ1) is 17.2. The third kappa shape index (κ3) is 3.59. The lowest BCUT2D eigenvalue weighted by Gasteiger charge is -2.20. The second-order valence-electron chi connectivity index (χ2n) is 4.12. The molecule has 0 heterocycles. The Kier molecular flexibility index (Phi) is 6.10. The van der Waals surface area contributed by atoms with Crippen molar-refractivity contribution in [3.63, 3.8) is 0 Å². The van der Waals surface area contributed by atoms with E-state index >= 15 is 0 Å². The Morgan fingerprint density at radius 3 is 2.28 bits per heavy atom. The van der Waals surface area contributed by atoms with Gasteiger partial charge in [-0.05, 0) is 12.0 Å². The van der Waals surface area contributed by atoms with Crippen molar-refractivity contribution in [1.82, 2.24) is 0 Å². The lowest BCUT2D eigenvalue weighted by molar-refractivity contribution is -0.140. The summed E-state index contributed by atoms with van der Waals surface area (Å²) in [6, 6.07) is 2.50. The van der Waals surface area contributed by atoms with Crippen LogP contribution in [0.15, 0.2) is 18.2 Å². The Hall–Kier alpha value is -0.810. The van der Waals surface area contributed by atoms with Gasteiger partial charge in [0, 0.05) is 11.6 Å². The highest BCUT2D eigenvalue weighted by Gasteiger charge is 2.35. The zero-order chi connectivity index (χ0) is 13.2. The SMILES string of the molecule is CCC(C)[C@H](N)c1cccc(C(F)(F)F)c1F.Cl. The molecule has 0 aliphatic heterocycles. The van der Waals surface area contributed by atoms with Crippen LogP contribution in [0.25, 0.3) is 0 Å². The maximum absolute atomic E-state index is 13.7. The molecular formula is C12H16ClF4N. The molecule has 18 heavy (non-hydrogen) atoms. The van der Waals surface area contributed by atoms with Gasteiger partial charge in [-0.1, -0.05) is 32.4 Å². The fraction of sp³-hybridized carbons (Fsp3) is 0.500. The lowest BCUT2D eigenvalue weighted by atomic mass is 9.92. The smallest absolute Gasteiger partial charge is 0.324 e. The van der Waals surface area contributed by atoms with Crippen LogP contribution in [0.3, 0.4) is 0 Å². The van der Waals surface area contributed by atoms with Crippen LogP contribution in [0.4, 0.5) is 17.6 Å². The standard InChI is InChI=1S/C12H15F4N.ClH/c1-3-7(2)11(17)8-5-4-6-9(10(8)13)12(14,15)16;/h4-7,11H,3,17H2,1-2H3;1H/t7?,11-;/m0./s1. The van der Waals surface area contributed by atoms with Crippen molar-refractivity contribution in [1.29, 1.82) is 0 Å². The zero-order valence-corrected chi connectivity index (χ0v) is 10.9. The fourth-order valence-corrected chi connectivity index (χ4v) is 1.59. The molecule has 104 valence electrons. The van der Waals surface area contributed by atoms with E-state index in [0.29, 0.717) is 6.42 Å². The molecule has 2 N–H and O–H groups in total. The van der Waals surface area contributed by atoms with Crippen LogP contribution in [0.2, 0.25) is 0 Å². The molecule has 0 saturated heterocycles. The van der Waals surface area contributed by atoms with Crippen LogP contribution in [0.1, 0.15) is 37.4 Å². The average Bonchev–Trinajstić information content (AvgIpc) is 2.25. The number of alkyl halides is 3. The van der Waals surface area contributed by atoms with Crippen molar-refractivity contribution in [2.45, 2.75) is 32.5 Å². The third-order valence-electron chi connectivity index (χ3n) is 2.95. The third-order valence-corrected chi connectivity index (χ3v) is 2.95. The predicted molar refractivity (Wildman–Crippen MR) is 65.0 cm³/mol. The summed E-state index contributed by atoms with van der Waals surface area (Å²) in [5.41, 5.74) is 4.42. The minimum absolute atomic E-state index is 0. The zero-order valence-electron chi connectivity index (χ0n) is 10.1. The first-order chi connectivity index (χ1) is 7.79. The summed E-state index contributed by atoms with van der Waals surface area (Å²) >= 11 is 0. The molecule has 2 atom stereocenters. The van der Waals surface area contributed by atoms with Gasteiger partial charge in [0.15, 0.2) is 0 Å². The van der Waals surface area contributed by atoms with Crippen LogP contribution < -0.4 is 5.73 Å². The van der Waals surface area contributed by atoms with E-state index in [1.54, 1.807) is 6.92 Å². The van der Waals surface area contributed by atoms with Gasteiger partial charge in [0.05, 0.1) is 5.56 Å². The van der Waals surface area contributed by atoms with Crippen LogP contribution in [0, 0.1) is 11.7 Å². The molecule has 0 bridgehead atoms. The summed E-state index contributed by atoms with van der Waals surface area (Å²) in [6.07, 6.45) is -4.01. The molecule has 0 saturated carbocycles. The predicted octanol–water partition coefficient (Wildman–Crippen LogP) is 4.31. The van der Waals surface area contributed by atoms with E-state index in [0.717, 1.165) is 6.07 Å². The first-order valence-electron chi connectivity index (χ1n) is 5.40. The van der Waals surface area contributed by atoms with E-state index < -0.39 is 23.6 Å². The summed E-state index contributed by atoms with van der Waals surface area (Å²) in [5.74, 6) is -1.33. The molecule has 1 nitrogen and oxygen atoms in total. The highest BCUT2D eigenvalue weighted by atomic mass is 35.5. The van der Waals surface area contributed by atoms with Gasteiger partial charge in [-0.25, -0.2) is 4.39 Å². The van der Waals surface area contributed by atoms with E-state index in [1.165, 1.54) is 12.1 Å². The second kappa shape index (κ2) is 6.38. The van der Waals surface area contributed by atoms with Crippen molar-refractivity contribution in [3.05, 3.63) is 35.1 Å². The van der Waals surface area contributed by atoms with Crippen LogP contribution >= 0.6 is 12.4 Å². The number of halogens is 5. The fourth-order valence-electron chi connectivity index (χ4n) is 1.59. The van der Waals surface area contributed by atoms with Crippen LogP contribution in [-0.4, -0.2) is 0 Å².